The monoisotopic (exact) mass is 537 g/mol. The number of carbonyl (C=O) groups excluding carboxylic acids is 2. The van der Waals surface area contributed by atoms with Gasteiger partial charge in [0.25, 0.3) is 10.0 Å². The van der Waals surface area contributed by atoms with Gasteiger partial charge < -0.3 is 9.64 Å². The van der Waals surface area contributed by atoms with Crippen LogP contribution in [0.25, 0.3) is 10.1 Å². The largest absolute Gasteiger partial charge is 0.468 e. The van der Waals surface area contributed by atoms with Gasteiger partial charge in [-0.15, -0.1) is 22.7 Å². The quantitative estimate of drug-likeness (QED) is 0.425. The Labute approximate surface area is 210 Å². The van der Waals surface area contributed by atoms with Gasteiger partial charge in [0.15, 0.2) is 0 Å². The molecule has 34 heavy (non-hydrogen) atoms. The maximum Gasteiger partial charge on any atom is 0.321 e. The van der Waals surface area contributed by atoms with E-state index in [4.69, 9.17) is 21.6 Å². The van der Waals surface area contributed by atoms with Crippen molar-refractivity contribution in [2.75, 3.05) is 20.2 Å². The number of carbonyl (C=O) groups is 2. The van der Waals surface area contributed by atoms with E-state index in [9.17, 15) is 18.0 Å². The van der Waals surface area contributed by atoms with Crippen molar-refractivity contribution in [3.63, 3.8) is 0 Å². The summed E-state index contributed by atoms with van der Waals surface area (Å²) in [5.41, 5.74) is 1.32. The van der Waals surface area contributed by atoms with Gasteiger partial charge in [0.1, 0.15) is 27.7 Å². The zero-order chi connectivity index (χ0) is 24.6. The molecule has 0 spiro atoms. The molecular formula is C22H20ClN3O5S3. The van der Waals surface area contributed by atoms with Crippen LogP contribution in [0, 0.1) is 18.3 Å². The molecule has 1 amide bonds. The topological polar surface area (TPSA) is 108 Å². The molecule has 3 heterocycles. The van der Waals surface area contributed by atoms with Crippen molar-refractivity contribution < 1.29 is 22.7 Å². The number of sulfonamides is 1. The minimum Gasteiger partial charge on any atom is -0.468 e. The lowest BCUT2D eigenvalue weighted by Gasteiger charge is -2.26. The van der Waals surface area contributed by atoms with Crippen LogP contribution in [0.3, 0.4) is 0 Å². The molecular weight excluding hydrogens is 518 g/mol. The lowest BCUT2D eigenvalue weighted by atomic mass is 10.2. The van der Waals surface area contributed by atoms with Crippen molar-refractivity contribution in [3.05, 3.63) is 50.7 Å². The van der Waals surface area contributed by atoms with Crippen LogP contribution in [-0.2, 0) is 30.9 Å². The van der Waals surface area contributed by atoms with Gasteiger partial charge in [-0.25, -0.2) is 8.42 Å². The third kappa shape index (κ3) is 4.56. The van der Waals surface area contributed by atoms with Crippen LogP contribution in [0.4, 0.5) is 0 Å². The Balaban J connectivity index is 1.68. The third-order valence-electron chi connectivity index (χ3n) is 5.66. The molecule has 1 saturated heterocycles. The molecule has 1 aliphatic heterocycles. The van der Waals surface area contributed by atoms with Crippen LogP contribution in [-0.4, -0.2) is 55.7 Å². The number of nitriles is 1. The normalized spacial score (nSPS) is 16.4. The van der Waals surface area contributed by atoms with Gasteiger partial charge in [-0.1, -0.05) is 11.6 Å². The van der Waals surface area contributed by atoms with Crippen LogP contribution in [0.5, 0.6) is 0 Å². The van der Waals surface area contributed by atoms with Crippen LogP contribution in [0.15, 0.2) is 33.9 Å². The molecule has 8 nitrogen and oxygen atoms in total. The Morgan fingerprint density at radius 1 is 1.38 bits per heavy atom. The number of esters is 1. The summed E-state index contributed by atoms with van der Waals surface area (Å²) in [6, 6.07) is 7.87. The molecule has 0 N–H and O–H groups in total. The number of benzene rings is 1. The highest BCUT2D eigenvalue weighted by Gasteiger charge is 2.44. The molecule has 4 rings (SSSR count). The zero-order valence-electron chi connectivity index (χ0n) is 18.3. The van der Waals surface area contributed by atoms with Gasteiger partial charge >= 0.3 is 5.97 Å². The summed E-state index contributed by atoms with van der Waals surface area (Å²) in [6.45, 7) is 1.70. The summed E-state index contributed by atoms with van der Waals surface area (Å²) in [5, 5.41) is 12.0. The summed E-state index contributed by atoms with van der Waals surface area (Å²) in [6.07, 6.45) is 0.236. The molecule has 0 bridgehead atoms. The molecule has 1 aliphatic rings. The molecule has 12 heteroatoms. The van der Waals surface area contributed by atoms with E-state index >= 15 is 0 Å². The number of hydrogen-bond donors (Lipinski definition) is 0. The second-order valence-electron chi connectivity index (χ2n) is 7.78. The number of thiophene rings is 2. The number of halogens is 1. The van der Waals surface area contributed by atoms with Gasteiger partial charge in [-0.05, 0) is 59.5 Å². The highest BCUT2D eigenvalue weighted by Crippen LogP contribution is 2.38. The fourth-order valence-electron chi connectivity index (χ4n) is 3.96. The molecule has 1 fully saturated rings. The van der Waals surface area contributed by atoms with Crippen LogP contribution < -0.4 is 0 Å². The second-order valence-corrected chi connectivity index (χ2v) is 12.3. The van der Waals surface area contributed by atoms with Gasteiger partial charge in [0.2, 0.25) is 5.91 Å². The Morgan fingerprint density at radius 3 is 2.82 bits per heavy atom. The van der Waals surface area contributed by atoms with Gasteiger partial charge in [-0.3, -0.25) is 9.59 Å². The first kappa shape index (κ1) is 24.6. The number of hydrogen-bond acceptors (Lipinski definition) is 8. The van der Waals surface area contributed by atoms with E-state index in [1.165, 1.54) is 18.4 Å². The number of amides is 1. The van der Waals surface area contributed by atoms with Crippen molar-refractivity contribution in [3.8, 4) is 6.07 Å². The lowest BCUT2D eigenvalue weighted by Crippen LogP contribution is -2.47. The average Bonchev–Trinajstić information content (AvgIpc) is 3.51. The van der Waals surface area contributed by atoms with E-state index in [-0.39, 0.29) is 23.1 Å². The lowest BCUT2D eigenvalue weighted by molar-refractivity contribution is -0.141. The van der Waals surface area contributed by atoms with Gasteiger partial charge in [0.05, 0.1) is 7.11 Å². The molecule has 2 aromatic heterocycles. The molecule has 0 unspecified atom stereocenters. The Hall–Kier alpha value is -2.49. The molecule has 0 saturated carbocycles. The first-order valence-electron chi connectivity index (χ1n) is 10.2. The van der Waals surface area contributed by atoms with Crippen molar-refractivity contribution in [2.24, 2.45) is 0 Å². The second kappa shape index (κ2) is 9.64. The first-order valence-corrected chi connectivity index (χ1v) is 13.7. The minimum atomic E-state index is -4.20. The maximum atomic E-state index is 13.8. The highest BCUT2D eigenvalue weighted by molar-refractivity contribution is 7.91. The van der Waals surface area contributed by atoms with Crippen molar-refractivity contribution in [1.82, 2.24) is 9.21 Å². The van der Waals surface area contributed by atoms with Gasteiger partial charge in [-0.2, -0.15) is 9.57 Å². The van der Waals surface area contributed by atoms with E-state index in [0.717, 1.165) is 25.9 Å². The number of fused-ring (bicyclic) bond motifs is 1. The fourth-order valence-corrected chi connectivity index (χ4v) is 8.24. The van der Waals surface area contributed by atoms with E-state index < -0.39 is 28.6 Å². The van der Waals surface area contributed by atoms with Crippen LogP contribution in [0.1, 0.15) is 22.4 Å². The van der Waals surface area contributed by atoms with Crippen molar-refractivity contribution >= 4 is 66.3 Å². The zero-order valence-corrected chi connectivity index (χ0v) is 21.5. The number of rotatable bonds is 7. The maximum absolute atomic E-state index is 13.8. The first-order chi connectivity index (χ1) is 16.1. The molecule has 3 aromatic rings. The number of nitrogens with zero attached hydrogens (tertiary/aromatic N) is 3. The summed E-state index contributed by atoms with van der Waals surface area (Å²) in [7, 11) is -3.03. The standard InChI is InChI=1S/C22H20ClN3O5S3/c1-13-17-8-15(23)3-4-19(17)33-22(13)34(29,30)26(11-20(27)31-2)18-5-6-25(21(18)28)10-14-7-16(9-24)32-12-14/h3-4,7-8,12,18H,5-6,10-11H2,1-2H3/t18-/m0/s1. The molecule has 1 aromatic carbocycles. The highest BCUT2D eigenvalue weighted by atomic mass is 35.5. The van der Waals surface area contributed by atoms with Crippen LogP contribution in [0.2, 0.25) is 5.02 Å². The summed E-state index contributed by atoms with van der Waals surface area (Å²) >= 11 is 8.46. The predicted octanol–water partition coefficient (Wildman–Crippen LogP) is 3.76. The minimum absolute atomic E-state index is 0.0661. The number of aryl methyl sites for hydroxylation is 1. The summed E-state index contributed by atoms with van der Waals surface area (Å²) in [4.78, 5) is 27.5. The van der Waals surface area contributed by atoms with E-state index in [1.54, 1.807) is 41.5 Å². The molecule has 1 atom stereocenters. The Bertz CT molecular complexity index is 1420. The van der Waals surface area contributed by atoms with E-state index in [1.807, 2.05) is 0 Å². The smallest absolute Gasteiger partial charge is 0.321 e. The Morgan fingerprint density at radius 2 is 2.15 bits per heavy atom. The Kier molecular flexibility index (Phi) is 6.98. The third-order valence-corrected chi connectivity index (χ3v) is 10.5. The van der Waals surface area contributed by atoms with Crippen LogP contribution >= 0.6 is 34.3 Å². The predicted molar refractivity (Wildman–Crippen MR) is 130 cm³/mol. The average molecular weight is 538 g/mol. The number of likely N-dealkylation sites (tertiary alicyclic amines) is 1. The fraction of sp³-hybridized carbons (Fsp3) is 0.318. The van der Waals surface area contributed by atoms with E-state index in [0.29, 0.717) is 27.4 Å². The molecule has 0 aliphatic carbocycles. The number of methoxy groups -OCH3 is 1. The van der Waals surface area contributed by atoms with E-state index in [2.05, 4.69) is 6.07 Å². The SMILES string of the molecule is COC(=O)CN([C@H]1CCN(Cc2csc(C#N)c2)C1=O)S(=O)(=O)c1sc2ccc(Cl)cc2c1C. The van der Waals surface area contributed by atoms with Gasteiger partial charge in [0, 0.05) is 22.8 Å². The molecule has 0 radical (unpaired) electrons. The summed E-state index contributed by atoms with van der Waals surface area (Å²) in [5.74, 6) is -1.15. The van der Waals surface area contributed by atoms with Crippen molar-refractivity contribution in [2.45, 2.75) is 30.1 Å². The number of ether oxygens (including phenoxy) is 1. The molecule has 178 valence electrons. The van der Waals surface area contributed by atoms with Crippen molar-refractivity contribution in [1.29, 1.82) is 5.26 Å². The summed E-state index contributed by atoms with van der Waals surface area (Å²) < 4.78 is 34.1.